The van der Waals surface area contributed by atoms with Crippen molar-refractivity contribution >= 4 is 136 Å². The number of para-hydroxylation sites is 8. The lowest BCUT2D eigenvalue weighted by molar-refractivity contribution is 1.12. The Balaban J connectivity index is 0.949. The minimum atomic E-state index is -3.65. The molecular formula is C84H58N6Si2. The van der Waals surface area contributed by atoms with Gasteiger partial charge in [0.15, 0.2) is 0 Å². The Bertz CT molecular complexity index is 5370. The predicted octanol–water partition coefficient (Wildman–Crippen LogP) is 17.9. The van der Waals surface area contributed by atoms with Crippen LogP contribution in [0.3, 0.4) is 0 Å². The highest BCUT2D eigenvalue weighted by molar-refractivity contribution is 7.38. The third kappa shape index (κ3) is 7.24. The first kappa shape index (κ1) is 52.3. The van der Waals surface area contributed by atoms with E-state index in [0.717, 1.165) is 33.8 Å². The molecular weight excluding hydrogens is 1150 g/mol. The zero-order valence-electron chi connectivity index (χ0n) is 50.2. The lowest BCUT2D eigenvalue weighted by Crippen LogP contribution is -3.07. The van der Waals surface area contributed by atoms with E-state index in [1.807, 2.05) is 0 Å². The number of fused-ring (bicyclic) bond motifs is 12. The number of hydrogen-bond donors (Lipinski definition) is 0. The van der Waals surface area contributed by atoms with Gasteiger partial charge in [-0.05, 0) is 106 Å². The summed E-state index contributed by atoms with van der Waals surface area (Å²) in [6, 6.07) is 133. The highest BCUT2D eigenvalue weighted by Gasteiger charge is 2.75. The van der Waals surface area contributed by atoms with Gasteiger partial charge in [-0.3, -0.25) is 0 Å². The van der Waals surface area contributed by atoms with Crippen molar-refractivity contribution in [2.24, 2.45) is 0 Å². The molecule has 0 saturated carbocycles. The molecule has 1 aliphatic heterocycles. The molecule has 0 atom stereocenters. The van der Waals surface area contributed by atoms with Crippen LogP contribution >= 0.6 is 0 Å². The molecule has 0 amide bonds. The summed E-state index contributed by atoms with van der Waals surface area (Å²) in [5, 5.41) is 15.0. The fraction of sp³-hybridized carbons (Fsp3) is 0. The van der Waals surface area contributed by atoms with Crippen LogP contribution < -0.4 is 29.2 Å². The van der Waals surface area contributed by atoms with Gasteiger partial charge >= 0.3 is 16.8 Å². The summed E-state index contributed by atoms with van der Waals surface area (Å²) >= 11 is 0. The van der Waals surface area contributed by atoms with Crippen molar-refractivity contribution in [1.82, 2.24) is 18.3 Å². The van der Waals surface area contributed by atoms with Gasteiger partial charge in [0.25, 0.3) is 0 Å². The van der Waals surface area contributed by atoms with E-state index in [0.29, 0.717) is 0 Å². The predicted molar refractivity (Wildman–Crippen MR) is 391 cm³/mol. The van der Waals surface area contributed by atoms with Crippen LogP contribution in [0.25, 0.3) is 110 Å². The third-order valence-corrected chi connectivity index (χ3v) is 31.7. The van der Waals surface area contributed by atoms with Gasteiger partial charge in [-0.2, -0.15) is 0 Å². The molecule has 0 spiro atoms. The molecule has 14 aromatic carbocycles. The molecule has 0 N–H and O–H groups in total. The Morgan fingerprint density at radius 3 is 0.685 bits per heavy atom. The Hall–Kier alpha value is -11.7. The third-order valence-electron chi connectivity index (χ3n) is 19.7. The molecule has 0 aliphatic carbocycles. The average Bonchev–Trinajstić information content (AvgIpc) is 0.666. The van der Waals surface area contributed by atoms with Gasteiger partial charge in [0.05, 0.1) is 44.1 Å². The van der Waals surface area contributed by atoms with E-state index in [2.05, 4.69) is 379 Å². The van der Waals surface area contributed by atoms with E-state index in [4.69, 9.17) is 0 Å². The van der Waals surface area contributed by atoms with Crippen molar-refractivity contribution in [3.8, 4) is 22.7 Å². The summed E-state index contributed by atoms with van der Waals surface area (Å²) in [4.78, 5) is 0. The van der Waals surface area contributed by atoms with Crippen LogP contribution in [-0.2, 0) is 0 Å². The van der Waals surface area contributed by atoms with E-state index in [1.165, 1.54) is 108 Å². The minimum Gasteiger partial charge on any atom is -0.377 e. The Labute approximate surface area is 534 Å². The maximum absolute atomic E-state index is 3.65. The van der Waals surface area contributed by atoms with Crippen molar-refractivity contribution in [2.75, 3.05) is 8.46 Å². The molecule has 0 unspecified atom stereocenters. The molecule has 432 valence electrons. The fourth-order valence-electron chi connectivity index (χ4n) is 16.2. The van der Waals surface area contributed by atoms with Crippen LogP contribution in [0, 0.1) is 0 Å². The first-order valence-corrected chi connectivity index (χ1v) is 35.6. The van der Waals surface area contributed by atoms with Crippen LogP contribution in [0.15, 0.2) is 352 Å². The Morgan fingerprint density at radius 1 is 0.174 bits per heavy atom. The number of aromatic nitrogens is 4. The van der Waals surface area contributed by atoms with Crippen LogP contribution in [-0.4, -0.2) is 35.1 Å². The van der Waals surface area contributed by atoms with Crippen LogP contribution in [0.5, 0.6) is 0 Å². The van der Waals surface area contributed by atoms with Crippen LogP contribution in [0.2, 0.25) is 0 Å². The number of rotatable bonds is 10. The van der Waals surface area contributed by atoms with Crippen molar-refractivity contribution < 1.29 is 0 Å². The molecule has 18 aromatic rings. The lowest BCUT2D eigenvalue weighted by Gasteiger charge is -2.73. The molecule has 0 radical (unpaired) electrons. The second-order valence-electron chi connectivity index (χ2n) is 24.3. The molecule has 5 heterocycles. The highest BCUT2D eigenvalue weighted by Crippen LogP contribution is 2.52. The number of benzene rings is 14. The second kappa shape index (κ2) is 20.4. The molecule has 1 fully saturated rings. The smallest absolute Gasteiger partial charge is 0.318 e. The SMILES string of the molecule is c1ccc([Si]2(c3ccccc3)N(c3cccc4c5ccccc5n(-c5cccc(-n6c7ccccc7c7ccccc76)c5)c34)[Si](c3ccccc3)(c3ccccc3)N2c2cccc3c4ccccc4n(-c4cccc(-n5c6ccccc6c6ccccc65)c4)c23)cc1. The van der Waals surface area contributed by atoms with Crippen LogP contribution in [0.1, 0.15) is 0 Å². The standard InChI is InChI=1S/C84H58N6Si2/c1-5-33-63(34-6-1)91(64-35-7-2-8-36-64)89(81-55-27-47-73-71-45-17-23-53-79(71)87(83(73)81)61-31-25-29-59(57-61)85-75-49-19-13-41-67(75)68-42-14-20-50-76(68)85)92(65-37-9-3-10-38-65,66-39-11-4-12-40-66)90(91)82-56-28-48-74-72-46-18-24-54-80(72)88(84(74)82)62-32-26-30-60(58-62)86-77-51-21-15-43-69(77)70-44-16-22-52-78(70)86/h1-58H. The molecule has 4 aromatic heterocycles. The van der Waals surface area contributed by atoms with Gasteiger partial charge in [0.2, 0.25) is 0 Å². The maximum atomic E-state index is 3.08. The van der Waals surface area contributed by atoms with Crippen LogP contribution in [0.4, 0.5) is 11.4 Å². The largest absolute Gasteiger partial charge is 0.377 e. The van der Waals surface area contributed by atoms with Gasteiger partial charge in [0.1, 0.15) is 0 Å². The van der Waals surface area contributed by atoms with Gasteiger partial charge in [-0.1, -0.05) is 267 Å². The molecule has 19 rings (SSSR count). The van der Waals surface area contributed by atoms with Gasteiger partial charge in [-0.15, -0.1) is 0 Å². The summed E-state index contributed by atoms with van der Waals surface area (Å²) in [7, 11) is -7.31. The number of nitrogens with zero attached hydrogens (tertiary/aromatic N) is 6. The number of anilines is 2. The fourth-order valence-corrected chi connectivity index (χ4v) is 31.5. The summed E-state index contributed by atoms with van der Waals surface area (Å²) < 4.78 is 16.2. The molecule has 1 aliphatic rings. The quantitative estimate of drug-likeness (QED) is 0.128. The topological polar surface area (TPSA) is 26.2 Å². The number of hydrogen-bond acceptors (Lipinski definition) is 2. The summed E-state index contributed by atoms with van der Waals surface area (Å²) in [6.45, 7) is 0. The normalized spacial score (nSPS) is 13.8. The first-order valence-electron chi connectivity index (χ1n) is 31.8. The average molecular weight is 1210 g/mol. The van der Waals surface area contributed by atoms with E-state index in [1.54, 1.807) is 0 Å². The summed E-state index contributed by atoms with van der Waals surface area (Å²) in [6.07, 6.45) is 0. The van der Waals surface area contributed by atoms with E-state index >= 15 is 0 Å². The van der Waals surface area contributed by atoms with Crippen molar-refractivity contribution in [3.63, 3.8) is 0 Å². The maximum Gasteiger partial charge on any atom is 0.318 e. The Kier molecular flexibility index (Phi) is 11.6. The van der Waals surface area contributed by atoms with E-state index in [9.17, 15) is 0 Å². The van der Waals surface area contributed by atoms with Gasteiger partial charge in [0, 0.05) is 77.2 Å². The second-order valence-corrected chi connectivity index (χ2v) is 32.0. The van der Waals surface area contributed by atoms with E-state index in [-0.39, 0.29) is 0 Å². The first-order chi connectivity index (χ1) is 45.7. The monoisotopic (exact) mass is 1210 g/mol. The summed E-state index contributed by atoms with van der Waals surface area (Å²) in [5.41, 5.74) is 16.2. The minimum absolute atomic E-state index is 1.09. The lowest BCUT2D eigenvalue weighted by atomic mass is 10.1. The van der Waals surface area contributed by atoms with Gasteiger partial charge < -0.3 is 26.7 Å². The molecule has 92 heavy (non-hydrogen) atoms. The Morgan fingerprint density at radius 2 is 0.391 bits per heavy atom. The zero-order valence-corrected chi connectivity index (χ0v) is 52.2. The van der Waals surface area contributed by atoms with Gasteiger partial charge in [-0.25, -0.2) is 0 Å². The van der Waals surface area contributed by atoms with Crippen molar-refractivity contribution in [1.29, 1.82) is 0 Å². The summed E-state index contributed by atoms with van der Waals surface area (Å²) in [5.74, 6) is 0. The molecule has 1 saturated heterocycles. The highest BCUT2D eigenvalue weighted by atomic mass is 28.5. The van der Waals surface area contributed by atoms with Crippen molar-refractivity contribution in [3.05, 3.63) is 352 Å². The molecule has 8 heteroatoms. The molecule has 6 nitrogen and oxygen atoms in total. The van der Waals surface area contributed by atoms with E-state index < -0.39 is 16.8 Å². The van der Waals surface area contributed by atoms with Crippen molar-refractivity contribution in [2.45, 2.75) is 0 Å². The zero-order chi connectivity index (χ0) is 60.5. The molecule has 0 bridgehead atoms.